The van der Waals surface area contributed by atoms with Crippen molar-refractivity contribution in [1.29, 1.82) is 0 Å². The number of aryl methyl sites for hydroxylation is 1. The molecule has 0 atom stereocenters. The molecule has 11 heteroatoms. The Morgan fingerprint density at radius 1 is 1.26 bits per heavy atom. The lowest BCUT2D eigenvalue weighted by Gasteiger charge is -2.36. The first-order chi connectivity index (χ1) is 16.9. The van der Waals surface area contributed by atoms with Crippen LogP contribution in [0.4, 0.5) is 11.4 Å². The SMILES string of the molecule is COc1ncccc1-c1cn2ncc(C(=O)Nc3cc(NC(=O)CN4CC(C)C4)cnc3C)c2s1.[HH].[HH]. The van der Waals surface area contributed by atoms with Gasteiger partial charge in [0, 0.05) is 28.3 Å². The second-order valence-electron chi connectivity index (χ2n) is 8.62. The number of hydrogen-bond donors (Lipinski definition) is 2. The van der Waals surface area contributed by atoms with E-state index in [2.05, 4.69) is 37.5 Å². The molecule has 0 bridgehead atoms. The Balaban J connectivity index is 0.00000190. The highest BCUT2D eigenvalue weighted by Crippen LogP contribution is 2.35. The lowest BCUT2D eigenvalue weighted by molar-refractivity contribution is -0.118. The summed E-state index contributed by atoms with van der Waals surface area (Å²) in [7, 11) is 1.57. The Morgan fingerprint density at radius 2 is 2.09 bits per heavy atom. The summed E-state index contributed by atoms with van der Waals surface area (Å²) in [6.07, 6.45) is 6.64. The molecular formula is C24H29N7O3S. The molecule has 1 aliphatic heterocycles. The van der Waals surface area contributed by atoms with E-state index < -0.39 is 0 Å². The quantitative estimate of drug-likeness (QED) is 0.401. The number of nitrogens with zero attached hydrogens (tertiary/aromatic N) is 5. The normalized spacial score (nSPS) is 14.0. The first-order valence-electron chi connectivity index (χ1n) is 11.2. The van der Waals surface area contributed by atoms with Gasteiger partial charge < -0.3 is 15.4 Å². The number of thiazole rings is 1. The zero-order chi connectivity index (χ0) is 24.5. The predicted octanol–water partition coefficient (Wildman–Crippen LogP) is 3.80. The number of ether oxygens (including phenoxy) is 1. The van der Waals surface area contributed by atoms with Crippen LogP contribution in [-0.2, 0) is 4.79 Å². The van der Waals surface area contributed by atoms with Gasteiger partial charge in [0.2, 0.25) is 11.8 Å². The van der Waals surface area contributed by atoms with Gasteiger partial charge in [0.1, 0.15) is 4.83 Å². The lowest BCUT2D eigenvalue weighted by atomic mass is 10.0. The molecule has 2 amide bonds. The van der Waals surface area contributed by atoms with E-state index in [0.717, 1.165) is 23.5 Å². The van der Waals surface area contributed by atoms with Gasteiger partial charge in [-0.05, 0) is 31.0 Å². The van der Waals surface area contributed by atoms with E-state index in [0.29, 0.717) is 45.8 Å². The van der Waals surface area contributed by atoms with Gasteiger partial charge in [-0.15, -0.1) is 11.3 Å². The maximum absolute atomic E-state index is 13.1. The van der Waals surface area contributed by atoms with Crippen molar-refractivity contribution >= 4 is 39.4 Å². The second kappa shape index (κ2) is 9.43. The van der Waals surface area contributed by atoms with Crippen molar-refractivity contribution in [2.45, 2.75) is 13.8 Å². The highest BCUT2D eigenvalue weighted by Gasteiger charge is 2.24. The standard InChI is InChI=1S/C24H25N7O3S.2H2/c1-14-10-30(11-14)13-21(32)28-16-7-19(15(2)26-8-16)29-22(33)18-9-27-31-12-20(35-24(18)31)17-5-4-6-25-23(17)34-3;;/h4-9,12,14H,10-11,13H2,1-3H3,(H,28,32)(H,29,33);2*1H. The number of likely N-dealkylation sites (tertiary alicyclic amines) is 1. The number of carbonyl (C=O) groups is 2. The summed E-state index contributed by atoms with van der Waals surface area (Å²) in [5.41, 5.74) is 2.96. The molecule has 0 unspecified atom stereocenters. The number of anilines is 2. The molecule has 4 aromatic rings. The topological polar surface area (TPSA) is 114 Å². The Kier molecular flexibility index (Phi) is 6.18. The third-order valence-electron chi connectivity index (χ3n) is 5.80. The van der Waals surface area contributed by atoms with Crippen LogP contribution in [0.3, 0.4) is 0 Å². The first-order valence-corrected chi connectivity index (χ1v) is 12.0. The minimum atomic E-state index is -0.311. The summed E-state index contributed by atoms with van der Waals surface area (Å²) in [4.78, 5) is 37.7. The van der Waals surface area contributed by atoms with Crippen LogP contribution in [0.15, 0.2) is 43.0 Å². The van der Waals surface area contributed by atoms with Crippen LogP contribution in [0.1, 0.15) is 25.8 Å². The van der Waals surface area contributed by atoms with Crippen molar-refractivity contribution in [3.8, 4) is 16.3 Å². The first kappa shape index (κ1) is 22.9. The largest absolute Gasteiger partial charge is 0.481 e. The molecule has 184 valence electrons. The van der Waals surface area contributed by atoms with Crippen LogP contribution in [0.25, 0.3) is 15.3 Å². The van der Waals surface area contributed by atoms with Crippen LogP contribution in [0.2, 0.25) is 0 Å². The van der Waals surface area contributed by atoms with E-state index in [1.807, 2.05) is 18.3 Å². The van der Waals surface area contributed by atoms with E-state index in [9.17, 15) is 9.59 Å². The maximum atomic E-state index is 13.1. The fourth-order valence-electron chi connectivity index (χ4n) is 4.09. The zero-order valence-electron chi connectivity index (χ0n) is 19.6. The number of fused-ring (bicyclic) bond motifs is 1. The summed E-state index contributed by atoms with van der Waals surface area (Å²) in [6.45, 7) is 6.16. The van der Waals surface area contributed by atoms with Gasteiger partial charge in [-0.25, -0.2) is 9.50 Å². The molecule has 0 aromatic carbocycles. The molecular weight excluding hydrogens is 466 g/mol. The second-order valence-corrected chi connectivity index (χ2v) is 9.65. The van der Waals surface area contributed by atoms with Crippen molar-refractivity contribution in [2.75, 3.05) is 37.4 Å². The minimum absolute atomic E-state index is 0. The van der Waals surface area contributed by atoms with Gasteiger partial charge in [0.15, 0.2) is 0 Å². The maximum Gasteiger partial charge on any atom is 0.260 e. The molecule has 0 saturated carbocycles. The van der Waals surface area contributed by atoms with E-state index >= 15 is 0 Å². The molecule has 1 saturated heterocycles. The van der Waals surface area contributed by atoms with Gasteiger partial charge in [-0.2, -0.15) is 5.10 Å². The Labute approximate surface area is 208 Å². The number of amides is 2. The van der Waals surface area contributed by atoms with Gasteiger partial charge in [-0.1, -0.05) is 6.92 Å². The van der Waals surface area contributed by atoms with Crippen LogP contribution < -0.4 is 15.4 Å². The van der Waals surface area contributed by atoms with E-state index in [-0.39, 0.29) is 14.7 Å². The van der Waals surface area contributed by atoms with Crippen LogP contribution in [0, 0.1) is 12.8 Å². The minimum Gasteiger partial charge on any atom is -0.481 e. The van der Waals surface area contributed by atoms with Gasteiger partial charge in [-0.3, -0.25) is 19.5 Å². The van der Waals surface area contributed by atoms with Gasteiger partial charge in [0.05, 0.1) is 59.1 Å². The average molecular weight is 496 g/mol. The molecule has 1 fully saturated rings. The summed E-state index contributed by atoms with van der Waals surface area (Å²) in [5.74, 6) is 0.726. The zero-order valence-corrected chi connectivity index (χ0v) is 20.4. The molecule has 0 aliphatic carbocycles. The van der Waals surface area contributed by atoms with Crippen molar-refractivity contribution in [2.24, 2.45) is 5.92 Å². The Hall–Kier alpha value is -3.83. The van der Waals surface area contributed by atoms with E-state index in [1.165, 1.54) is 17.5 Å². The summed E-state index contributed by atoms with van der Waals surface area (Å²) < 4.78 is 7.03. The predicted molar refractivity (Wildman–Crippen MR) is 138 cm³/mol. The number of rotatable bonds is 7. The molecule has 5 rings (SSSR count). The number of hydrogen-bond acceptors (Lipinski definition) is 8. The fraction of sp³-hybridized carbons (Fsp3) is 0.292. The Bertz CT molecular complexity index is 1420. The summed E-state index contributed by atoms with van der Waals surface area (Å²) in [5, 5.41) is 10.1. The van der Waals surface area contributed by atoms with Crippen LogP contribution in [0.5, 0.6) is 5.88 Å². The number of carbonyl (C=O) groups excluding carboxylic acids is 2. The van der Waals surface area contributed by atoms with Crippen LogP contribution >= 0.6 is 11.3 Å². The van der Waals surface area contributed by atoms with Crippen molar-refractivity contribution in [3.05, 3.63) is 54.2 Å². The van der Waals surface area contributed by atoms with E-state index in [1.54, 1.807) is 37.0 Å². The fourth-order valence-corrected chi connectivity index (χ4v) is 5.16. The number of nitrogens with one attached hydrogen (secondary N) is 2. The molecule has 0 spiro atoms. The van der Waals surface area contributed by atoms with Crippen molar-refractivity contribution in [1.82, 2.24) is 24.5 Å². The van der Waals surface area contributed by atoms with Crippen LogP contribution in [-0.4, -0.2) is 63.0 Å². The molecule has 10 nitrogen and oxygen atoms in total. The third-order valence-corrected chi connectivity index (χ3v) is 6.94. The molecule has 4 aromatic heterocycles. The molecule has 0 radical (unpaired) electrons. The number of methoxy groups -OCH3 is 1. The smallest absolute Gasteiger partial charge is 0.260 e. The third kappa shape index (κ3) is 4.73. The van der Waals surface area contributed by atoms with Gasteiger partial charge in [0.25, 0.3) is 5.91 Å². The molecule has 1 aliphatic rings. The Morgan fingerprint density at radius 3 is 2.86 bits per heavy atom. The van der Waals surface area contributed by atoms with Crippen molar-refractivity contribution < 1.29 is 17.2 Å². The monoisotopic (exact) mass is 495 g/mol. The number of aromatic nitrogens is 4. The summed E-state index contributed by atoms with van der Waals surface area (Å²) >= 11 is 1.42. The van der Waals surface area contributed by atoms with Gasteiger partial charge >= 0.3 is 0 Å². The van der Waals surface area contributed by atoms with Crippen molar-refractivity contribution in [3.63, 3.8) is 0 Å². The molecule has 5 heterocycles. The highest BCUT2D eigenvalue weighted by atomic mass is 32.1. The molecule has 2 N–H and O–H groups in total. The highest BCUT2D eigenvalue weighted by molar-refractivity contribution is 7.21. The molecule has 35 heavy (non-hydrogen) atoms. The number of pyridine rings is 2. The van der Waals surface area contributed by atoms with E-state index in [4.69, 9.17) is 4.74 Å². The lowest BCUT2D eigenvalue weighted by Crippen LogP contribution is -2.48. The summed E-state index contributed by atoms with van der Waals surface area (Å²) in [6, 6.07) is 5.46. The average Bonchev–Trinajstić information content (AvgIpc) is 3.41.